The first-order valence-corrected chi connectivity index (χ1v) is 5.26. The molecule has 3 N–H and O–H groups in total. The van der Waals surface area contributed by atoms with E-state index in [4.69, 9.17) is 17.3 Å². The van der Waals surface area contributed by atoms with Crippen LogP contribution in [0, 0.1) is 6.92 Å². The molecule has 0 aliphatic heterocycles. The predicted molar refractivity (Wildman–Crippen MR) is 68.1 cm³/mol. The Balaban J connectivity index is 2.30. The summed E-state index contributed by atoms with van der Waals surface area (Å²) in [7, 11) is 0. The van der Waals surface area contributed by atoms with E-state index in [0.717, 1.165) is 16.9 Å². The Morgan fingerprint density at radius 1 is 1.25 bits per heavy atom. The maximum absolute atomic E-state index is 6.07. The highest BCUT2D eigenvalue weighted by Crippen LogP contribution is 2.26. The summed E-state index contributed by atoms with van der Waals surface area (Å²) in [5.74, 6) is 0. The fourth-order valence-electron chi connectivity index (χ4n) is 1.42. The van der Waals surface area contributed by atoms with Crippen LogP contribution in [-0.2, 0) is 0 Å². The molecule has 16 heavy (non-hydrogen) atoms. The van der Waals surface area contributed by atoms with E-state index < -0.39 is 0 Å². The van der Waals surface area contributed by atoms with Gasteiger partial charge in [0.25, 0.3) is 0 Å². The van der Waals surface area contributed by atoms with E-state index in [9.17, 15) is 0 Å². The van der Waals surface area contributed by atoms with Crippen molar-refractivity contribution in [3.63, 3.8) is 0 Å². The van der Waals surface area contributed by atoms with Crippen LogP contribution < -0.4 is 11.1 Å². The number of benzene rings is 1. The van der Waals surface area contributed by atoms with Gasteiger partial charge in [-0.25, -0.2) is 0 Å². The van der Waals surface area contributed by atoms with Gasteiger partial charge in [-0.15, -0.1) is 0 Å². The third-order valence-corrected chi connectivity index (χ3v) is 2.49. The van der Waals surface area contributed by atoms with E-state index in [1.165, 1.54) is 0 Å². The number of nitrogens with one attached hydrogen (secondary N) is 1. The molecule has 2 aromatic rings. The molecule has 0 aliphatic carbocycles. The molecule has 3 nitrogen and oxygen atoms in total. The van der Waals surface area contributed by atoms with Gasteiger partial charge in [-0.1, -0.05) is 17.7 Å². The van der Waals surface area contributed by atoms with Crippen molar-refractivity contribution >= 4 is 28.7 Å². The molecule has 0 saturated carbocycles. The van der Waals surface area contributed by atoms with Crippen molar-refractivity contribution in [1.82, 2.24) is 4.98 Å². The minimum Gasteiger partial charge on any atom is -0.397 e. The number of pyridine rings is 1. The smallest absolute Gasteiger partial charge is 0.0641 e. The van der Waals surface area contributed by atoms with Crippen molar-refractivity contribution < 1.29 is 0 Å². The molecule has 1 heterocycles. The Bertz CT molecular complexity index is 511. The van der Waals surface area contributed by atoms with E-state index in [-0.39, 0.29) is 0 Å². The van der Waals surface area contributed by atoms with Crippen LogP contribution in [-0.4, -0.2) is 4.98 Å². The molecule has 4 heteroatoms. The fraction of sp³-hybridized carbons (Fsp3) is 0.0833. The molecule has 0 saturated heterocycles. The topological polar surface area (TPSA) is 50.9 Å². The summed E-state index contributed by atoms with van der Waals surface area (Å²) in [5.41, 5.74) is 9.09. The molecular weight excluding hydrogens is 222 g/mol. The average molecular weight is 234 g/mol. The molecule has 0 unspecified atom stereocenters. The number of hydrogen-bond acceptors (Lipinski definition) is 3. The van der Waals surface area contributed by atoms with Gasteiger partial charge in [0, 0.05) is 6.20 Å². The summed E-state index contributed by atoms with van der Waals surface area (Å²) in [6.45, 7) is 2.01. The molecule has 0 bridgehead atoms. The van der Waals surface area contributed by atoms with Crippen molar-refractivity contribution in [2.45, 2.75) is 6.92 Å². The molecular formula is C12H12ClN3. The van der Waals surface area contributed by atoms with E-state index >= 15 is 0 Å². The molecule has 1 aromatic heterocycles. The van der Waals surface area contributed by atoms with Crippen molar-refractivity contribution in [2.75, 3.05) is 11.1 Å². The first-order valence-electron chi connectivity index (χ1n) is 4.89. The molecule has 0 fully saturated rings. The predicted octanol–water partition coefficient (Wildman–Crippen LogP) is 3.37. The van der Waals surface area contributed by atoms with Crippen LogP contribution in [0.15, 0.2) is 36.7 Å². The number of aromatic nitrogens is 1. The van der Waals surface area contributed by atoms with Crippen LogP contribution in [0.4, 0.5) is 17.1 Å². The van der Waals surface area contributed by atoms with Gasteiger partial charge < -0.3 is 11.1 Å². The van der Waals surface area contributed by atoms with Gasteiger partial charge >= 0.3 is 0 Å². The molecule has 0 amide bonds. The number of rotatable bonds is 2. The largest absolute Gasteiger partial charge is 0.397 e. The Kier molecular flexibility index (Phi) is 2.97. The number of anilines is 3. The first kappa shape index (κ1) is 10.8. The lowest BCUT2D eigenvalue weighted by atomic mass is 10.2. The first-order chi connectivity index (χ1) is 7.65. The molecule has 82 valence electrons. The van der Waals surface area contributed by atoms with Gasteiger partial charge in [-0.3, -0.25) is 4.98 Å². The lowest BCUT2D eigenvalue weighted by Crippen LogP contribution is -1.94. The number of aryl methyl sites for hydroxylation is 1. The molecule has 2 rings (SSSR count). The maximum atomic E-state index is 6.07. The fourth-order valence-corrected chi connectivity index (χ4v) is 1.58. The van der Waals surface area contributed by atoms with Crippen LogP contribution in [0.5, 0.6) is 0 Å². The van der Waals surface area contributed by atoms with Gasteiger partial charge in [0.05, 0.1) is 28.3 Å². The number of halogens is 1. The van der Waals surface area contributed by atoms with Crippen LogP contribution in [0.3, 0.4) is 0 Å². The van der Waals surface area contributed by atoms with Gasteiger partial charge in [0.1, 0.15) is 0 Å². The normalized spacial score (nSPS) is 10.1. The standard InChI is InChI=1S/C12H12ClN3/c1-8-2-3-11(13)12(4-8)16-10-5-9(14)6-15-7-10/h2-7,16H,14H2,1H3. The third-order valence-electron chi connectivity index (χ3n) is 2.16. The van der Waals surface area contributed by atoms with Gasteiger partial charge in [-0.2, -0.15) is 0 Å². The molecule has 1 aromatic carbocycles. The van der Waals surface area contributed by atoms with E-state index in [1.54, 1.807) is 12.4 Å². The number of nitrogen functional groups attached to an aromatic ring is 1. The summed E-state index contributed by atoms with van der Waals surface area (Å²) in [6, 6.07) is 7.61. The van der Waals surface area contributed by atoms with E-state index in [2.05, 4.69) is 10.3 Å². The van der Waals surface area contributed by atoms with E-state index in [0.29, 0.717) is 10.7 Å². The second-order valence-electron chi connectivity index (χ2n) is 3.62. The zero-order valence-electron chi connectivity index (χ0n) is 8.87. The minimum absolute atomic E-state index is 0.619. The Hall–Kier alpha value is -1.74. The lowest BCUT2D eigenvalue weighted by Gasteiger charge is -2.09. The van der Waals surface area contributed by atoms with Gasteiger partial charge in [0.2, 0.25) is 0 Å². The quantitative estimate of drug-likeness (QED) is 0.836. The Labute approximate surface area is 99.3 Å². The molecule has 0 atom stereocenters. The van der Waals surface area contributed by atoms with Crippen molar-refractivity contribution in [2.24, 2.45) is 0 Å². The SMILES string of the molecule is Cc1ccc(Cl)c(Nc2cncc(N)c2)c1. The van der Waals surface area contributed by atoms with Crippen LogP contribution in [0.1, 0.15) is 5.56 Å². The number of nitrogens with two attached hydrogens (primary N) is 1. The number of nitrogens with zero attached hydrogens (tertiary/aromatic N) is 1. The average Bonchev–Trinajstić information content (AvgIpc) is 2.24. The molecule has 0 aliphatic rings. The second kappa shape index (κ2) is 4.41. The minimum atomic E-state index is 0.619. The van der Waals surface area contributed by atoms with E-state index in [1.807, 2.05) is 31.2 Å². The highest BCUT2D eigenvalue weighted by Gasteiger charge is 2.01. The Morgan fingerprint density at radius 3 is 2.81 bits per heavy atom. The molecule has 0 spiro atoms. The van der Waals surface area contributed by atoms with Crippen LogP contribution >= 0.6 is 11.6 Å². The number of hydrogen-bond donors (Lipinski definition) is 2. The van der Waals surface area contributed by atoms with Crippen LogP contribution in [0.25, 0.3) is 0 Å². The summed E-state index contributed by atoms with van der Waals surface area (Å²) in [4.78, 5) is 4.00. The molecule has 0 radical (unpaired) electrons. The monoisotopic (exact) mass is 233 g/mol. The van der Waals surface area contributed by atoms with Crippen molar-refractivity contribution in [3.05, 3.63) is 47.2 Å². The van der Waals surface area contributed by atoms with Crippen molar-refractivity contribution in [1.29, 1.82) is 0 Å². The second-order valence-corrected chi connectivity index (χ2v) is 4.02. The van der Waals surface area contributed by atoms with Crippen molar-refractivity contribution in [3.8, 4) is 0 Å². The zero-order valence-corrected chi connectivity index (χ0v) is 9.62. The summed E-state index contributed by atoms with van der Waals surface area (Å²) < 4.78 is 0. The Morgan fingerprint density at radius 2 is 2.06 bits per heavy atom. The third kappa shape index (κ3) is 2.44. The van der Waals surface area contributed by atoms with Gasteiger partial charge in [0.15, 0.2) is 0 Å². The summed E-state index contributed by atoms with van der Waals surface area (Å²) in [6.07, 6.45) is 3.30. The zero-order chi connectivity index (χ0) is 11.5. The van der Waals surface area contributed by atoms with Gasteiger partial charge in [-0.05, 0) is 30.7 Å². The summed E-state index contributed by atoms with van der Waals surface area (Å²) >= 11 is 6.07. The lowest BCUT2D eigenvalue weighted by molar-refractivity contribution is 1.32. The highest BCUT2D eigenvalue weighted by atomic mass is 35.5. The highest BCUT2D eigenvalue weighted by molar-refractivity contribution is 6.33. The summed E-state index contributed by atoms with van der Waals surface area (Å²) in [5, 5.41) is 3.85. The van der Waals surface area contributed by atoms with Crippen LogP contribution in [0.2, 0.25) is 5.02 Å². The maximum Gasteiger partial charge on any atom is 0.0641 e.